The van der Waals surface area contributed by atoms with Crippen molar-refractivity contribution >= 4 is 5.78 Å². The standard InChI is InChI=1S/C10H9F3O2/c1-5(14)6-4-9(15-2)7(10(12)13)3-8(6)11/h3-4,10H,1-2H3. The predicted octanol–water partition coefficient (Wildman–Crippen LogP) is 2.97. The second-order valence-electron chi connectivity index (χ2n) is 2.93. The molecule has 0 amide bonds. The van der Waals surface area contributed by atoms with Crippen LogP contribution in [0.25, 0.3) is 0 Å². The lowest BCUT2D eigenvalue weighted by atomic mass is 10.1. The van der Waals surface area contributed by atoms with E-state index in [1.807, 2.05) is 0 Å². The molecule has 0 heterocycles. The number of ketones is 1. The molecule has 0 atom stereocenters. The average Bonchev–Trinajstić information content (AvgIpc) is 2.16. The van der Waals surface area contributed by atoms with E-state index in [1.165, 1.54) is 7.11 Å². The molecule has 0 aliphatic rings. The molecule has 0 unspecified atom stereocenters. The zero-order chi connectivity index (χ0) is 11.6. The molecule has 2 nitrogen and oxygen atoms in total. The number of alkyl halides is 2. The van der Waals surface area contributed by atoms with Crippen LogP contribution >= 0.6 is 0 Å². The third-order valence-electron chi connectivity index (χ3n) is 1.93. The van der Waals surface area contributed by atoms with Gasteiger partial charge < -0.3 is 4.74 Å². The Hall–Kier alpha value is -1.52. The molecule has 15 heavy (non-hydrogen) atoms. The first-order chi connectivity index (χ1) is 6.97. The second kappa shape index (κ2) is 4.33. The number of methoxy groups -OCH3 is 1. The number of Topliss-reactive ketones (excluding diaryl/α,β-unsaturated/α-hetero) is 1. The van der Waals surface area contributed by atoms with Crippen molar-refractivity contribution in [2.75, 3.05) is 7.11 Å². The molecule has 0 radical (unpaired) electrons. The normalized spacial score (nSPS) is 10.5. The zero-order valence-electron chi connectivity index (χ0n) is 8.18. The van der Waals surface area contributed by atoms with Gasteiger partial charge in [0.25, 0.3) is 6.43 Å². The van der Waals surface area contributed by atoms with Gasteiger partial charge in [0.15, 0.2) is 5.78 Å². The largest absolute Gasteiger partial charge is 0.496 e. The van der Waals surface area contributed by atoms with Crippen LogP contribution in [0.2, 0.25) is 0 Å². The average molecular weight is 218 g/mol. The fraction of sp³-hybridized carbons (Fsp3) is 0.300. The van der Waals surface area contributed by atoms with E-state index in [4.69, 9.17) is 0 Å². The summed E-state index contributed by atoms with van der Waals surface area (Å²) in [6.45, 7) is 1.15. The van der Waals surface area contributed by atoms with E-state index in [0.717, 1.165) is 13.0 Å². The highest BCUT2D eigenvalue weighted by molar-refractivity contribution is 5.94. The Balaban J connectivity index is 3.35. The number of carbonyl (C=O) groups is 1. The minimum atomic E-state index is -2.84. The Bertz CT molecular complexity index is 388. The zero-order valence-corrected chi connectivity index (χ0v) is 8.18. The molecule has 0 aliphatic heterocycles. The van der Waals surface area contributed by atoms with Crippen molar-refractivity contribution < 1.29 is 22.7 Å². The molecule has 1 aromatic rings. The molecule has 0 saturated heterocycles. The van der Waals surface area contributed by atoms with Gasteiger partial charge in [0.2, 0.25) is 0 Å². The van der Waals surface area contributed by atoms with Crippen molar-refractivity contribution in [2.24, 2.45) is 0 Å². The lowest BCUT2D eigenvalue weighted by Crippen LogP contribution is -2.01. The molecule has 0 bridgehead atoms. The monoisotopic (exact) mass is 218 g/mol. The quantitative estimate of drug-likeness (QED) is 0.729. The van der Waals surface area contributed by atoms with Gasteiger partial charge in [-0.25, -0.2) is 13.2 Å². The summed E-state index contributed by atoms with van der Waals surface area (Å²) in [7, 11) is 1.18. The summed E-state index contributed by atoms with van der Waals surface area (Å²) >= 11 is 0. The number of benzene rings is 1. The molecule has 82 valence electrons. The Morgan fingerprint density at radius 1 is 1.40 bits per heavy atom. The van der Waals surface area contributed by atoms with Crippen molar-refractivity contribution in [1.82, 2.24) is 0 Å². The van der Waals surface area contributed by atoms with Crippen LogP contribution in [-0.2, 0) is 0 Å². The highest BCUT2D eigenvalue weighted by atomic mass is 19.3. The first-order valence-electron chi connectivity index (χ1n) is 4.14. The molecule has 0 fully saturated rings. The molecule has 1 rings (SSSR count). The number of halogens is 3. The van der Waals surface area contributed by atoms with Crippen molar-refractivity contribution in [3.63, 3.8) is 0 Å². The summed E-state index contributed by atoms with van der Waals surface area (Å²) in [5, 5.41) is 0. The van der Waals surface area contributed by atoms with Crippen molar-refractivity contribution in [3.05, 3.63) is 29.1 Å². The molecular formula is C10H9F3O2. The summed E-state index contributed by atoms with van der Waals surface area (Å²) < 4.78 is 42.6. The van der Waals surface area contributed by atoms with Gasteiger partial charge >= 0.3 is 0 Å². The van der Waals surface area contributed by atoms with Gasteiger partial charge in [0.05, 0.1) is 18.2 Å². The van der Waals surface area contributed by atoms with Gasteiger partial charge in [-0.15, -0.1) is 0 Å². The maximum atomic E-state index is 13.2. The summed E-state index contributed by atoms with van der Waals surface area (Å²) in [5.41, 5.74) is -0.809. The highest BCUT2D eigenvalue weighted by Gasteiger charge is 2.19. The van der Waals surface area contributed by atoms with Gasteiger partial charge in [0.1, 0.15) is 11.6 Å². The summed E-state index contributed by atoms with van der Waals surface area (Å²) in [5.74, 6) is -1.68. The fourth-order valence-electron chi connectivity index (χ4n) is 1.19. The Morgan fingerprint density at radius 3 is 2.40 bits per heavy atom. The van der Waals surface area contributed by atoms with Crippen molar-refractivity contribution in [2.45, 2.75) is 13.3 Å². The van der Waals surface area contributed by atoms with E-state index >= 15 is 0 Å². The second-order valence-corrected chi connectivity index (χ2v) is 2.93. The van der Waals surface area contributed by atoms with Gasteiger partial charge in [-0.2, -0.15) is 0 Å². The van der Waals surface area contributed by atoms with E-state index < -0.39 is 23.6 Å². The third kappa shape index (κ3) is 2.29. The summed E-state index contributed by atoms with van der Waals surface area (Å²) in [6, 6.07) is 1.61. The topological polar surface area (TPSA) is 26.3 Å². The summed E-state index contributed by atoms with van der Waals surface area (Å²) in [4.78, 5) is 10.9. The van der Waals surface area contributed by atoms with E-state index in [9.17, 15) is 18.0 Å². The summed E-state index contributed by atoms with van der Waals surface area (Å²) in [6.07, 6.45) is -2.84. The number of hydrogen-bond acceptors (Lipinski definition) is 2. The number of hydrogen-bond donors (Lipinski definition) is 0. The SMILES string of the molecule is COc1cc(C(C)=O)c(F)cc1C(F)F. The third-order valence-corrected chi connectivity index (χ3v) is 1.93. The van der Waals surface area contributed by atoms with E-state index in [-0.39, 0.29) is 11.3 Å². The molecule has 0 N–H and O–H groups in total. The minimum absolute atomic E-state index is 0.184. The van der Waals surface area contributed by atoms with Crippen LogP contribution in [0, 0.1) is 5.82 Å². The van der Waals surface area contributed by atoms with Crippen molar-refractivity contribution in [3.8, 4) is 5.75 Å². The Labute approximate surface area is 84.7 Å². The van der Waals surface area contributed by atoms with Crippen LogP contribution in [0.15, 0.2) is 12.1 Å². The first kappa shape index (κ1) is 11.6. The molecule has 1 aromatic carbocycles. The molecule has 0 saturated carbocycles. The Kier molecular flexibility index (Phi) is 3.34. The highest BCUT2D eigenvalue weighted by Crippen LogP contribution is 2.31. The van der Waals surface area contributed by atoms with Crippen molar-refractivity contribution in [1.29, 1.82) is 0 Å². The lowest BCUT2D eigenvalue weighted by Gasteiger charge is -2.09. The van der Waals surface area contributed by atoms with Crippen LogP contribution in [0.5, 0.6) is 5.75 Å². The molecule has 0 spiro atoms. The molecule has 0 aromatic heterocycles. The lowest BCUT2D eigenvalue weighted by molar-refractivity contribution is 0.101. The maximum absolute atomic E-state index is 13.2. The number of carbonyl (C=O) groups excluding carboxylic acids is 1. The molecule has 5 heteroatoms. The fourth-order valence-corrected chi connectivity index (χ4v) is 1.19. The van der Waals surface area contributed by atoms with Crippen LogP contribution in [0.4, 0.5) is 13.2 Å². The van der Waals surface area contributed by atoms with E-state index in [0.29, 0.717) is 6.07 Å². The molecular weight excluding hydrogens is 209 g/mol. The minimum Gasteiger partial charge on any atom is -0.496 e. The number of ether oxygens (including phenoxy) is 1. The van der Waals surface area contributed by atoms with Gasteiger partial charge in [-0.3, -0.25) is 4.79 Å². The maximum Gasteiger partial charge on any atom is 0.267 e. The van der Waals surface area contributed by atoms with Gasteiger partial charge in [-0.1, -0.05) is 0 Å². The van der Waals surface area contributed by atoms with E-state index in [2.05, 4.69) is 4.74 Å². The van der Waals surface area contributed by atoms with E-state index in [1.54, 1.807) is 0 Å². The van der Waals surface area contributed by atoms with Gasteiger partial charge in [-0.05, 0) is 19.1 Å². The van der Waals surface area contributed by atoms with Crippen LogP contribution in [0.1, 0.15) is 29.3 Å². The number of rotatable bonds is 3. The first-order valence-corrected chi connectivity index (χ1v) is 4.14. The smallest absolute Gasteiger partial charge is 0.267 e. The van der Waals surface area contributed by atoms with Crippen LogP contribution in [0.3, 0.4) is 0 Å². The van der Waals surface area contributed by atoms with Crippen LogP contribution < -0.4 is 4.74 Å². The predicted molar refractivity (Wildman–Crippen MR) is 47.9 cm³/mol. The Morgan fingerprint density at radius 2 is 2.00 bits per heavy atom. The van der Waals surface area contributed by atoms with Crippen LogP contribution in [-0.4, -0.2) is 12.9 Å². The molecule has 0 aliphatic carbocycles. The van der Waals surface area contributed by atoms with Gasteiger partial charge in [0, 0.05) is 0 Å².